The number of halogens is 1. The van der Waals surface area contributed by atoms with Crippen LogP contribution in [0.2, 0.25) is 0 Å². The minimum Gasteiger partial charge on any atom is -0.459 e. The Bertz CT molecular complexity index is 2340. The van der Waals surface area contributed by atoms with Gasteiger partial charge in [0.15, 0.2) is 6.29 Å². The Morgan fingerprint density at radius 2 is 1.58 bits per heavy atom. The molecule has 6 rings (SSSR count). The Hall–Kier alpha value is -3.62. The topological polar surface area (TPSA) is 245 Å². The van der Waals surface area contributed by atoms with Crippen molar-refractivity contribution in [2.24, 2.45) is 23.7 Å². The van der Waals surface area contributed by atoms with E-state index in [4.69, 9.17) is 28.4 Å². The summed E-state index contributed by atoms with van der Waals surface area (Å²) in [6, 6.07) is 5.65. The molecule has 1 unspecified atom stereocenters. The number of rotatable bonds is 17. The van der Waals surface area contributed by atoms with E-state index in [1.54, 1.807) is 52.4 Å². The highest BCUT2D eigenvalue weighted by atomic mass is 19.1. The summed E-state index contributed by atoms with van der Waals surface area (Å²) in [6.07, 6.45) is -4.47. The maximum atomic E-state index is 15.0. The molecular weight excluding hydrogens is 1010 g/mol. The molecule has 0 radical (unpaired) electrons. The maximum Gasteiger partial charge on any atom is 0.309 e. The molecule has 3 aromatic rings. The normalized spacial score (nSPS) is 37.9. The molecule has 20 atom stereocenters. The summed E-state index contributed by atoms with van der Waals surface area (Å²) < 4.78 is 56.3. The Kier molecular flexibility index (Phi) is 21.6. The van der Waals surface area contributed by atoms with E-state index >= 15 is 4.39 Å². The van der Waals surface area contributed by atoms with E-state index in [0.29, 0.717) is 38.2 Å². The molecule has 442 valence electrons. The van der Waals surface area contributed by atoms with Crippen LogP contribution in [0.1, 0.15) is 124 Å². The molecule has 2 aromatic heterocycles. The fourth-order valence-corrected chi connectivity index (χ4v) is 12.7. The van der Waals surface area contributed by atoms with E-state index in [1.165, 1.54) is 25.8 Å². The number of aromatic nitrogens is 6. The molecule has 78 heavy (non-hydrogen) atoms. The predicted octanol–water partition coefficient (Wildman–Crippen LogP) is 3.92. The Morgan fingerprint density at radius 1 is 0.910 bits per heavy atom. The second-order valence-electron chi connectivity index (χ2n) is 24.1. The number of nitrogens with zero attached hydrogens (tertiary/aromatic N) is 9. The van der Waals surface area contributed by atoms with Crippen LogP contribution < -0.4 is 0 Å². The van der Waals surface area contributed by atoms with E-state index in [0.717, 1.165) is 16.9 Å². The highest BCUT2D eigenvalue weighted by Crippen LogP contribution is 2.45. The molecule has 0 amide bonds. The second-order valence-corrected chi connectivity index (χ2v) is 24.1. The molecule has 3 aliphatic rings. The highest BCUT2D eigenvalue weighted by molar-refractivity contribution is 5.73. The number of benzene rings is 1. The summed E-state index contributed by atoms with van der Waals surface area (Å²) in [7, 11) is 10.7. The van der Waals surface area contributed by atoms with Gasteiger partial charge in [0, 0.05) is 70.9 Å². The van der Waals surface area contributed by atoms with Crippen LogP contribution >= 0.6 is 0 Å². The number of hydrogen-bond donors (Lipinski definition) is 5. The number of methoxy groups -OCH3 is 2. The third kappa shape index (κ3) is 14.3. The maximum absolute atomic E-state index is 15.0. The van der Waals surface area contributed by atoms with Gasteiger partial charge in [-0.1, -0.05) is 50.3 Å². The lowest BCUT2D eigenvalue weighted by Gasteiger charge is -2.51. The zero-order valence-corrected chi connectivity index (χ0v) is 49.1. The van der Waals surface area contributed by atoms with E-state index in [2.05, 4.69) is 20.6 Å². The number of aliphatic hydroxyl groups excluding tert-OH is 3. The Morgan fingerprint density at radius 3 is 2.19 bits per heavy atom. The zero-order valence-electron chi connectivity index (χ0n) is 49.1. The smallest absolute Gasteiger partial charge is 0.309 e. The van der Waals surface area contributed by atoms with Crippen LogP contribution in [-0.2, 0) is 46.2 Å². The van der Waals surface area contributed by atoms with Gasteiger partial charge in [0.2, 0.25) is 0 Å². The lowest BCUT2D eigenvalue weighted by atomic mass is 9.68. The standard InChI is InChI=1S/C56H94FN9O12/c1-17-45-56(10,72)49(68)36(6)64(14)28-32(2)25-54(8,71)51(34(4)46(35(5)52(70)77-45)44-26-55(9,74-16)50(69)37(7)76-44)78-53-47(67)42(24-33(3)75-53)63(13)23-22-39-30-66(61-58-39)43(27-57)48(73-15)38-18-20-41(21-19-38)65-31-40(59-60-65)29-62(11)12/h18-21,30-37,42-51,53,67-69,71-72H,17,22-29H2,1-16H3/t32-,33-,34+,35-,36-,37+,42+,43-,44-,45-,46?,47-,48-,49-,50+,51-,53+,54-,55-,56-/m1/s1. The first-order valence-electron chi connectivity index (χ1n) is 27.9. The van der Waals surface area contributed by atoms with E-state index < -0.39 is 127 Å². The van der Waals surface area contributed by atoms with Gasteiger partial charge >= 0.3 is 5.97 Å². The Balaban J connectivity index is 1.25. The average molecular weight is 1100 g/mol. The molecule has 0 aliphatic carbocycles. The number of cyclic esters (lactones) is 1. The first kappa shape index (κ1) is 63.6. The van der Waals surface area contributed by atoms with Gasteiger partial charge in [-0.15, -0.1) is 10.2 Å². The average Bonchev–Trinajstić information content (AvgIpc) is 4.06. The number of hydrogen-bond acceptors (Lipinski definition) is 19. The monoisotopic (exact) mass is 1100 g/mol. The predicted molar refractivity (Wildman–Crippen MR) is 289 cm³/mol. The first-order chi connectivity index (χ1) is 36.6. The Labute approximate surface area is 461 Å². The number of ether oxygens (including phenoxy) is 6. The van der Waals surface area contributed by atoms with Crippen molar-refractivity contribution >= 4 is 5.97 Å². The van der Waals surface area contributed by atoms with E-state index in [-0.39, 0.29) is 25.2 Å². The molecule has 1 aromatic carbocycles. The van der Waals surface area contributed by atoms with Crippen molar-refractivity contribution in [1.82, 2.24) is 44.7 Å². The minimum absolute atomic E-state index is 0.169. The van der Waals surface area contributed by atoms with Gasteiger partial charge in [0.05, 0.1) is 64.8 Å². The molecule has 3 aliphatic heterocycles. The summed E-state index contributed by atoms with van der Waals surface area (Å²) in [5.41, 5.74) is -1.55. The summed E-state index contributed by atoms with van der Waals surface area (Å²) in [5, 5.41) is 77.6. The molecule has 5 heterocycles. The molecule has 0 saturated carbocycles. The van der Waals surface area contributed by atoms with Crippen LogP contribution in [0.5, 0.6) is 0 Å². The molecule has 21 nitrogen and oxygen atoms in total. The van der Waals surface area contributed by atoms with E-state index in [9.17, 15) is 30.3 Å². The lowest BCUT2D eigenvalue weighted by Crippen LogP contribution is -2.62. The fraction of sp³-hybridized carbons (Fsp3) is 0.804. The summed E-state index contributed by atoms with van der Waals surface area (Å²) in [4.78, 5) is 20.6. The number of carbonyl (C=O) groups is 1. The van der Waals surface area contributed by atoms with Crippen LogP contribution in [0.15, 0.2) is 36.7 Å². The summed E-state index contributed by atoms with van der Waals surface area (Å²) in [6.45, 7) is 18.6. The molecule has 0 bridgehead atoms. The van der Waals surface area contributed by atoms with Crippen LogP contribution in [-0.4, -0.2) is 222 Å². The SMILES string of the molecule is CC[C@H]1OC(=O)[C@H](C)C([C@H]2C[C@@](C)(OC)[C@@H](O)[C@H](C)O2)[C@H](C)[C@@H](O[C@@H]2O[C@H](C)C[C@H](N(C)CCc3cn([C@H](CF)[C@H](OC)c4ccc(-n5cc(CN(C)C)nn5)cc4)nn3)[C@H]2O)[C@](C)(O)C[C@@H](C)CN(C)[C@H](C)[C@@H](O)[C@]1(C)O. The number of alkyl halides is 1. The van der Waals surface area contributed by atoms with Crippen molar-refractivity contribution < 1.29 is 63.1 Å². The van der Waals surface area contributed by atoms with Crippen molar-refractivity contribution in [3.8, 4) is 5.69 Å². The van der Waals surface area contributed by atoms with Crippen molar-refractivity contribution in [2.75, 3.05) is 62.2 Å². The largest absolute Gasteiger partial charge is 0.459 e. The highest BCUT2D eigenvalue weighted by Gasteiger charge is 2.55. The summed E-state index contributed by atoms with van der Waals surface area (Å²) >= 11 is 0. The van der Waals surface area contributed by atoms with Crippen molar-refractivity contribution in [2.45, 2.75) is 204 Å². The van der Waals surface area contributed by atoms with Crippen molar-refractivity contribution in [3.63, 3.8) is 0 Å². The molecule has 22 heteroatoms. The molecule has 3 saturated heterocycles. The number of esters is 1. The van der Waals surface area contributed by atoms with Gasteiger partial charge < -0.3 is 68.7 Å². The quantitative estimate of drug-likeness (QED) is 0.120. The van der Waals surface area contributed by atoms with Gasteiger partial charge in [-0.05, 0) is 119 Å². The molecule has 3 fully saturated rings. The van der Waals surface area contributed by atoms with Gasteiger partial charge in [0.25, 0.3) is 0 Å². The van der Waals surface area contributed by atoms with E-state index in [1.807, 2.05) is 94.1 Å². The van der Waals surface area contributed by atoms with Gasteiger partial charge in [0.1, 0.15) is 48.8 Å². The molecule has 0 spiro atoms. The van der Waals surface area contributed by atoms with Gasteiger partial charge in [-0.3, -0.25) is 4.79 Å². The lowest BCUT2D eigenvalue weighted by molar-refractivity contribution is -0.302. The number of carbonyl (C=O) groups excluding carboxylic acids is 1. The number of aliphatic hydroxyl groups is 5. The number of likely N-dealkylation sites (N-methyl/N-ethyl adjacent to an activating group) is 2. The van der Waals surface area contributed by atoms with Crippen LogP contribution in [0, 0.1) is 23.7 Å². The molecule has 5 N–H and O–H groups in total. The molecular formula is C56H94FN9O12. The van der Waals surface area contributed by atoms with Crippen LogP contribution in [0.4, 0.5) is 4.39 Å². The summed E-state index contributed by atoms with van der Waals surface area (Å²) in [5.74, 6) is -3.28. The third-order valence-corrected chi connectivity index (χ3v) is 17.3. The van der Waals surface area contributed by atoms with Gasteiger partial charge in [-0.2, -0.15) is 0 Å². The zero-order chi connectivity index (χ0) is 57.8. The van der Waals surface area contributed by atoms with Crippen LogP contribution in [0.3, 0.4) is 0 Å². The second kappa shape index (κ2) is 26.5. The van der Waals surface area contributed by atoms with Gasteiger partial charge in [-0.25, -0.2) is 13.8 Å². The van der Waals surface area contributed by atoms with Crippen LogP contribution in [0.25, 0.3) is 5.69 Å². The van der Waals surface area contributed by atoms with Crippen molar-refractivity contribution in [1.29, 1.82) is 0 Å². The first-order valence-corrected chi connectivity index (χ1v) is 27.9. The minimum atomic E-state index is -1.83. The fourth-order valence-electron chi connectivity index (χ4n) is 12.7. The third-order valence-electron chi connectivity index (χ3n) is 17.3. The van der Waals surface area contributed by atoms with Crippen molar-refractivity contribution in [3.05, 3.63) is 53.6 Å².